The van der Waals surface area contributed by atoms with Crippen LogP contribution in [0.5, 0.6) is 0 Å². The lowest BCUT2D eigenvalue weighted by atomic mass is 10.1. The number of carbonyl (C=O) groups is 1. The minimum atomic E-state index is -0.386. The summed E-state index contributed by atoms with van der Waals surface area (Å²) < 4.78 is 5.45. The summed E-state index contributed by atoms with van der Waals surface area (Å²) in [5.41, 5.74) is 0.801. The van der Waals surface area contributed by atoms with E-state index in [9.17, 15) is 4.79 Å². The van der Waals surface area contributed by atoms with E-state index in [-0.39, 0.29) is 17.8 Å². The topological polar surface area (TPSA) is 52.1 Å². The molecule has 0 bridgehead atoms. The van der Waals surface area contributed by atoms with Gasteiger partial charge in [0.25, 0.3) is 0 Å². The zero-order valence-corrected chi connectivity index (χ0v) is 14.6. The highest BCUT2D eigenvalue weighted by Crippen LogP contribution is 2.29. The molecule has 0 aliphatic carbocycles. The van der Waals surface area contributed by atoms with Crippen LogP contribution in [0.4, 0.5) is 0 Å². The van der Waals surface area contributed by atoms with Crippen molar-refractivity contribution in [1.29, 1.82) is 0 Å². The second-order valence-electron chi connectivity index (χ2n) is 4.76. The molecule has 23 heavy (non-hydrogen) atoms. The Morgan fingerprint density at radius 2 is 2.17 bits per heavy atom. The van der Waals surface area contributed by atoms with Gasteiger partial charge in [0.1, 0.15) is 22.3 Å². The monoisotopic (exact) mass is 364 g/mol. The van der Waals surface area contributed by atoms with E-state index in [1.807, 2.05) is 36.6 Å². The predicted octanol–water partition coefficient (Wildman–Crippen LogP) is 4.74. The van der Waals surface area contributed by atoms with Crippen LogP contribution in [0, 0.1) is 0 Å². The Hall–Kier alpha value is -1.63. The summed E-state index contributed by atoms with van der Waals surface area (Å²) in [7, 11) is 0. The van der Waals surface area contributed by atoms with E-state index in [1.54, 1.807) is 17.4 Å². The molecule has 4 nitrogen and oxygen atoms in total. The van der Waals surface area contributed by atoms with Gasteiger partial charge in [0.2, 0.25) is 0 Å². The molecule has 3 rings (SSSR count). The van der Waals surface area contributed by atoms with Crippen molar-refractivity contribution >= 4 is 50.9 Å². The van der Waals surface area contributed by atoms with Crippen molar-refractivity contribution in [3.63, 3.8) is 0 Å². The molecule has 7 heteroatoms. The summed E-state index contributed by atoms with van der Waals surface area (Å²) in [6.45, 7) is 1.81. The predicted molar refractivity (Wildman–Crippen MR) is 94.1 cm³/mol. The number of aromatic nitrogens is 2. The lowest BCUT2D eigenvalue weighted by molar-refractivity contribution is -0.145. The number of thioether (sulfide) groups is 1. The fourth-order valence-corrected chi connectivity index (χ4v) is 3.96. The summed E-state index contributed by atoms with van der Waals surface area (Å²) in [5, 5.41) is 4.31. The molecule has 0 unspecified atom stereocenters. The van der Waals surface area contributed by atoms with Crippen LogP contribution < -0.4 is 0 Å². The maximum absolute atomic E-state index is 12.1. The van der Waals surface area contributed by atoms with Gasteiger partial charge in [-0.25, -0.2) is 9.97 Å². The number of nitrogens with zero attached hydrogens (tertiary/aromatic N) is 2. The summed E-state index contributed by atoms with van der Waals surface area (Å²) in [4.78, 5) is 21.4. The molecular formula is C16H13ClN2O2S2. The number of carbonyl (C=O) groups excluding carboxylic acids is 1. The third-order valence-corrected chi connectivity index (χ3v) is 5.35. The van der Waals surface area contributed by atoms with E-state index in [0.717, 1.165) is 20.8 Å². The highest BCUT2D eigenvalue weighted by atomic mass is 35.5. The molecule has 0 amide bonds. The Morgan fingerprint density at radius 1 is 1.35 bits per heavy atom. The van der Waals surface area contributed by atoms with Crippen molar-refractivity contribution in [2.75, 3.05) is 5.75 Å². The van der Waals surface area contributed by atoms with Crippen LogP contribution in [0.25, 0.3) is 10.2 Å². The minimum Gasteiger partial charge on any atom is -0.457 e. The van der Waals surface area contributed by atoms with Crippen molar-refractivity contribution in [3.05, 3.63) is 52.6 Å². The Bertz CT molecular complexity index is 838. The van der Waals surface area contributed by atoms with Crippen molar-refractivity contribution < 1.29 is 9.53 Å². The number of halogens is 1. The number of ether oxygens (including phenoxy) is 1. The normalized spacial score (nSPS) is 12.3. The lowest BCUT2D eigenvalue weighted by Crippen LogP contribution is -2.11. The molecule has 0 aliphatic heterocycles. The highest BCUT2D eigenvalue weighted by Gasteiger charge is 2.15. The average Bonchev–Trinajstić information content (AvgIpc) is 3.02. The molecule has 0 radical (unpaired) electrons. The first-order valence-corrected chi connectivity index (χ1v) is 9.14. The van der Waals surface area contributed by atoms with Crippen molar-refractivity contribution in [2.24, 2.45) is 0 Å². The van der Waals surface area contributed by atoms with Gasteiger partial charge in [-0.2, -0.15) is 0 Å². The lowest BCUT2D eigenvalue weighted by Gasteiger charge is -2.14. The maximum Gasteiger partial charge on any atom is 0.316 e. The summed E-state index contributed by atoms with van der Waals surface area (Å²) in [6.07, 6.45) is 1.13. The highest BCUT2D eigenvalue weighted by molar-refractivity contribution is 8.00. The van der Waals surface area contributed by atoms with Crippen LogP contribution in [0.1, 0.15) is 18.6 Å². The summed E-state index contributed by atoms with van der Waals surface area (Å²) in [6, 6.07) is 9.31. The maximum atomic E-state index is 12.1. The summed E-state index contributed by atoms with van der Waals surface area (Å²) >= 11 is 9.02. The Balaban J connectivity index is 1.62. The zero-order valence-electron chi connectivity index (χ0n) is 12.2. The molecule has 1 atom stereocenters. The summed E-state index contributed by atoms with van der Waals surface area (Å²) in [5.74, 6) is -0.110. The van der Waals surface area contributed by atoms with Gasteiger partial charge in [0.05, 0.1) is 5.75 Å². The number of thiophene rings is 1. The van der Waals surface area contributed by atoms with Crippen LogP contribution >= 0.6 is 34.7 Å². The number of hydrogen-bond acceptors (Lipinski definition) is 6. The first-order chi connectivity index (χ1) is 11.1. The van der Waals surface area contributed by atoms with Crippen LogP contribution in [0.3, 0.4) is 0 Å². The van der Waals surface area contributed by atoms with Gasteiger partial charge in [-0.05, 0) is 24.4 Å². The third-order valence-electron chi connectivity index (χ3n) is 3.20. The van der Waals surface area contributed by atoms with Crippen molar-refractivity contribution in [1.82, 2.24) is 9.97 Å². The van der Waals surface area contributed by atoms with Gasteiger partial charge in [0.15, 0.2) is 0 Å². The van der Waals surface area contributed by atoms with Crippen LogP contribution in [0.2, 0.25) is 5.02 Å². The molecule has 1 aromatic carbocycles. The quantitative estimate of drug-likeness (QED) is 0.372. The average molecular weight is 365 g/mol. The standard InChI is InChI=1S/C16H13ClN2O2S2/c1-10(11-4-2-3-5-13(11)17)21-14(20)8-23-16-12-6-7-22-15(12)18-9-19-16/h2-7,9-10H,8H2,1H3/t10-/m1/s1. The van der Waals surface area contributed by atoms with Crippen LogP contribution in [0.15, 0.2) is 47.1 Å². The van der Waals surface area contributed by atoms with Gasteiger partial charge >= 0.3 is 5.97 Å². The number of hydrogen-bond donors (Lipinski definition) is 0. The molecule has 2 aromatic heterocycles. The molecule has 2 heterocycles. The Kier molecular flexibility index (Phi) is 5.15. The van der Waals surface area contributed by atoms with E-state index in [1.165, 1.54) is 18.1 Å². The second kappa shape index (κ2) is 7.29. The van der Waals surface area contributed by atoms with Crippen molar-refractivity contribution in [3.8, 4) is 0 Å². The molecule has 118 valence electrons. The number of benzene rings is 1. The smallest absolute Gasteiger partial charge is 0.316 e. The van der Waals surface area contributed by atoms with Gasteiger partial charge in [-0.1, -0.05) is 41.6 Å². The molecule has 0 saturated heterocycles. The van der Waals surface area contributed by atoms with Gasteiger partial charge in [0, 0.05) is 16.0 Å². The largest absolute Gasteiger partial charge is 0.457 e. The Labute approximate surface area is 146 Å². The van der Waals surface area contributed by atoms with E-state index in [4.69, 9.17) is 16.3 Å². The molecule has 0 saturated carbocycles. The second-order valence-corrected chi connectivity index (χ2v) is 7.03. The molecule has 0 N–H and O–H groups in total. The van der Waals surface area contributed by atoms with E-state index in [2.05, 4.69) is 9.97 Å². The van der Waals surface area contributed by atoms with E-state index >= 15 is 0 Å². The first kappa shape index (κ1) is 16.2. The fourth-order valence-electron chi connectivity index (χ4n) is 2.11. The zero-order chi connectivity index (χ0) is 16.2. The molecule has 0 aliphatic rings. The number of fused-ring (bicyclic) bond motifs is 1. The van der Waals surface area contributed by atoms with Gasteiger partial charge in [-0.15, -0.1) is 11.3 Å². The van der Waals surface area contributed by atoms with E-state index in [0.29, 0.717) is 5.02 Å². The van der Waals surface area contributed by atoms with Gasteiger partial charge in [-0.3, -0.25) is 4.79 Å². The minimum absolute atomic E-state index is 0.191. The van der Waals surface area contributed by atoms with E-state index < -0.39 is 0 Å². The van der Waals surface area contributed by atoms with Crippen LogP contribution in [-0.4, -0.2) is 21.7 Å². The molecular weight excluding hydrogens is 352 g/mol. The molecule has 3 aromatic rings. The SMILES string of the molecule is C[C@@H](OC(=O)CSc1ncnc2sccc12)c1ccccc1Cl. The number of esters is 1. The first-order valence-electron chi connectivity index (χ1n) is 6.90. The van der Waals surface area contributed by atoms with Gasteiger partial charge < -0.3 is 4.74 Å². The van der Waals surface area contributed by atoms with Crippen molar-refractivity contribution in [2.45, 2.75) is 18.1 Å². The molecule has 0 spiro atoms. The Morgan fingerprint density at radius 3 is 3.00 bits per heavy atom. The third kappa shape index (κ3) is 3.83. The number of rotatable bonds is 5. The fraction of sp³-hybridized carbons (Fsp3) is 0.188. The van der Waals surface area contributed by atoms with Crippen LogP contribution in [-0.2, 0) is 9.53 Å². The molecule has 0 fully saturated rings.